The summed E-state index contributed by atoms with van der Waals surface area (Å²) in [5.74, 6) is 5.09. The SMILES string of the molecule is COCCNS(=O)(=O)c1cc([N+](=O)[O-])c(NN)s1. The van der Waals surface area contributed by atoms with Gasteiger partial charge in [0.25, 0.3) is 0 Å². The van der Waals surface area contributed by atoms with Crippen LogP contribution < -0.4 is 16.0 Å². The lowest BCUT2D eigenvalue weighted by Crippen LogP contribution is -2.26. The van der Waals surface area contributed by atoms with Gasteiger partial charge < -0.3 is 10.2 Å². The number of methoxy groups -OCH3 is 1. The summed E-state index contributed by atoms with van der Waals surface area (Å²) < 4.78 is 30.3. The molecule has 0 saturated heterocycles. The molecule has 0 aliphatic heterocycles. The van der Waals surface area contributed by atoms with E-state index in [0.29, 0.717) is 11.3 Å². The zero-order valence-electron chi connectivity index (χ0n) is 9.37. The molecule has 0 bridgehead atoms. The van der Waals surface area contributed by atoms with Crippen LogP contribution in [0.2, 0.25) is 0 Å². The van der Waals surface area contributed by atoms with Gasteiger partial charge in [-0.2, -0.15) is 0 Å². The van der Waals surface area contributed by atoms with Gasteiger partial charge in [-0.1, -0.05) is 11.3 Å². The summed E-state index contributed by atoms with van der Waals surface area (Å²) in [5.41, 5.74) is 1.72. The van der Waals surface area contributed by atoms with Gasteiger partial charge in [0.1, 0.15) is 4.21 Å². The predicted molar refractivity (Wildman–Crippen MR) is 65.8 cm³/mol. The van der Waals surface area contributed by atoms with E-state index in [1.54, 1.807) is 0 Å². The molecule has 1 aromatic heterocycles. The highest BCUT2D eigenvalue weighted by molar-refractivity contribution is 7.91. The van der Waals surface area contributed by atoms with E-state index in [1.807, 2.05) is 0 Å². The lowest BCUT2D eigenvalue weighted by molar-refractivity contribution is -0.383. The fourth-order valence-corrected chi connectivity index (χ4v) is 3.38. The van der Waals surface area contributed by atoms with Crippen molar-refractivity contribution in [1.29, 1.82) is 0 Å². The summed E-state index contributed by atoms with van der Waals surface area (Å²) in [4.78, 5) is 9.95. The highest BCUT2D eigenvalue weighted by Crippen LogP contribution is 2.36. The maximum atomic E-state index is 11.8. The maximum absolute atomic E-state index is 11.8. The Morgan fingerprint density at radius 2 is 2.28 bits per heavy atom. The molecule has 102 valence electrons. The first-order valence-corrected chi connectivity index (χ1v) is 6.95. The molecule has 0 aromatic carbocycles. The van der Waals surface area contributed by atoms with Gasteiger partial charge in [-0.15, -0.1) is 0 Å². The minimum absolute atomic E-state index is 0.0212. The predicted octanol–water partition coefficient (Wildman–Crippen LogP) is -0.133. The molecular formula is C7H12N4O5S2. The van der Waals surface area contributed by atoms with Crippen molar-refractivity contribution in [3.63, 3.8) is 0 Å². The van der Waals surface area contributed by atoms with Crippen LogP contribution in [0.5, 0.6) is 0 Å². The Hall–Kier alpha value is -1.27. The fourth-order valence-electron chi connectivity index (χ4n) is 1.08. The molecule has 9 nitrogen and oxygen atoms in total. The van der Waals surface area contributed by atoms with Crippen molar-refractivity contribution in [2.75, 3.05) is 25.7 Å². The highest BCUT2D eigenvalue weighted by Gasteiger charge is 2.25. The van der Waals surface area contributed by atoms with Crippen molar-refractivity contribution in [3.05, 3.63) is 16.2 Å². The number of hydrogen-bond donors (Lipinski definition) is 3. The first-order chi connectivity index (χ1) is 8.42. The van der Waals surface area contributed by atoms with Crippen LogP contribution in [0.1, 0.15) is 0 Å². The Morgan fingerprint density at radius 3 is 2.72 bits per heavy atom. The van der Waals surface area contributed by atoms with E-state index in [0.717, 1.165) is 6.07 Å². The third-order valence-corrected chi connectivity index (χ3v) is 4.87. The third kappa shape index (κ3) is 3.36. The molecule has 0 aliphatic carbocycles. The third-order valence-electron chi connectivity index (χ3n) is 1.88. The van der Waals surface area contributed by atoms with Crippen LogP contribution in [0.3, 0.4) is 0 Å². The van der Waals surface area contributed by atoms with E-state index >= 15 is 0 Å². The number of nitrogens with two attached hydrogens (primary N) is 1. The number of nitrogens with zero attached hydrogens (tertiary/aromatic N) is 1. The van der Waals surface area contributed by atoms with E-state index in [-0.39, 0.29) is 28.0 Å². The number of sulfonamides is 1. The second kappa shape index (κ2) is 6.06. The molecule has 0 amide bonds. The molecule has 1 rings (SSSR count). The number of hydrogen-bond acceptors (Lipinski definition) is 8. The van der Waals surface area contributed by atoms with Crippen molar-refractivity contribution in [2.24, 2.45) is 5.84 Å². The standard InChI is InChI=1S/C7H12N4O5S2/c1-16-3-2-9-18(14,15)6-4-5(11(12)13)7(10-8)17-6/h4,9-10H,2-3,8H2,1H3. The molecule has 0 radical (unpaired) electrons. The van der Waals surface area contributed by atoms with Crippen LogP contribution in [0.25, 0.3) is 0 Å². The highest BCUT2D eigenvalue weighted by atomic mass is 32.2. The molecule has 1 aromatic rings. The molecule has 0 saturated carbocycles. The van der Waals surface area contributed by atoms with E-state index in [4.69, 9.17) is 10.6 Å². The number of nitrogens with one attached hydrogen (secondary N) is 2. The Balaban J connectivity index is 2.99. The Morgan fingerprint density at radius 1 is 1.61 bits per heavy atom. The molecule has 4 N–H and O–H groups in total. The van der Waals surface area contributed by atoms with Crippen molar-refractivity contribution < 1.29 is 18.1 Å². The zero-order chi connectivity index (χ0) is 13.8. The topological polar surface area (TPSA) is 137 Å². The molecular weight excluding hydrogens is 284 g/mol. The number of rotatable bonds is 7. The van der Waals surface area contributed by atoms with Gasteiger partial charge in [-0.25, -0.2) is 19.0 Å². The number of nitrogen functional groups attached to an aromatic ring is 1. The average Bonchev–Trinajstić information content (AvgIpc) is 2.74. The molecule has 1 heterocycles. The summed E-state index contributed by atoms with van der Waals surface area (Å²) in [7, 11) is -2.36. The Labute approximate surface area is 107 Å². The minimum atomic E-state index is -3.79. The normalized spacial score (nSPS) is 11.4. The smallest absolute Gasteiger partial charge is 0.306 e. The monoisotopic (exact) mass is 296 g/mol. The van der Waals surface area contributed by atoms with Gasteiger partial charge in [0, 0.05) is 19.7 Å². The van der Waals surface area contributed by atoms with Gasteiger partial charge in [0.2, 0.25) is 10.0 Å². The van der Waals surface area contributed by atoms with Gasteiger partial charge in [-0.05, 0) is 0 Å². The summed E-state index contributed by atoms with van der Waals surface area (Å²) in [5, 5.41) is 10.6. The van der Waals surface area contributed by atoms with Crippen molar-refractivity contribution in [3.8, 4) is 0 Å². The van der Waals surface area contributed by atoms with Crippen LogP contribution in [0.4, 0.5) is 10.7 Å². The molecule has 18 heavy (non-hydrogen) atoms. The number of hydrazine groups is 1. The second-order valence-corrected chi connectivity index (χ2v) is 6.12. The van der Waals surface area contributed by atoms with Gasteiger partial charge in [0.15, 0.2) is 5.00 Å². The molecule has 0 fully saturated rings. The van der Waals surface area contributed by atoms with Crippen molar-refractivity contribution in [2.45, 2.75) is 4.21 Å². The van der Waals surface area contributed by atoms with Gasteiger partial charge in [-0.3, -0.25) is 10.1 Å². The van der Waals surface area contributed by atoms with Crippen LogP contribution in [0.15, 0.2) is 10.3 Å². The van der Waals surface area contributed by atoms with Gasteiger partial charge in [0.05, 0.1) is 11.5 Å². The van der Waals surface area contributed by atoms with E-state index in [2.05, 4.69) is 10.1 Å². The quantitative estimate of drug-likeness (QED) is 0.276. The first-order valence-electron chi connectivity index (χ1n) is 4.66. The number of anilines is 1. The molecule has 0 atom stereocenters. The van der Waals surface area contributed by atoms with Crippen LogP contribution in [-0.4, -0.2) is 33.6 Å². The minimum Gasteiger partial charge on any atom is -0.383 e. The summed E-state index contributed by atoms with van der Waals surface area (Å²) in [6.07, 6.45) is 0. The maximum Gasteiger partial charge on any atom is 0.306 e. The molecule has 0 spiro atoms. The first kappa shape index (κ1) is 14.8. The lowest BCUT2D eigenvalue weighted by Gasteiger charge is -2.02. The fraction of sp³-hybridized carbons (Fsp3) is 0.429. The van der Waals surface area contributed by atoms with Crippen molar-refractivity contribution >= 4 is 32.0 Å². The van der Waals surface area contributed by atoms with Crippen LogP contribution >= 0.6 is 11.3 Å². The zero-order valence-corrected chi connectivity index (χ0v) is 11.0. The van der Waals surface area contributed by atoms with Crippen LogP contribution in [0, 0.1) is 10.1 Å². The summed E-state index contributed by atoms with van der Waals surface area (Å²) in [6, 6.07) is 0.953. The number of thiophene rings is 1. The van der Waals surface area contributed by atoms with E-state index < -0.39 is 14.9 Å². The van der Waals surface area contributed by atoms with Gasteiger partial charge >= 0.3 is 5.69 Å². The molecule has 0 unspecified atom stereocenters. The molecule has 0 aliphatic rings. The number of ether oxygens (including phenoxy) is 1. The largest absolute Gasteiger partial charge is 0.383 e. The van der Waals surface area contributed by atoms with E-state index in [9.17, 15) is 18.5 Å². The van der Waals surface area contributed by atoms with Crippen LogP contribution in [-0.2, 0) is 14.8 Å². The Bertz CT molecular complexity index is 526. The number of nitro groups is 1. The lowest BCUT2D eigenvalue weighted by atomic mass is 10.5. The van der Waals surface area contributed by atoms with E-state index in [1.165, 1.54) is 7.11 Å². The van der Waals surface area contributed by atoms with Crippen molar-refractivity contribution in [1.82, 2.24) is 4.72 Å². The summed E-state index contributed by atoms with van der Waals surface area (Å²) >= 11 is 0.684. The molecule has 11 heteroatoms. The second-order valence-electron chi connectivity index (χ2n) is 3.07. The average molecular weight is 296 g/mol. The Kier molecular flexibility index (Phi) is 4.98. The summed E-state index contributed by atoms with van der Waals surface area (Å²) in [6.45, 7) is 0.282.